The van der Waals surface area contributed by atoms with Crippen molar-refractivity contribution in [2.24, 2.45) is 11.7 Å². The molecule has 6 N–H and O–H groups in total. The maximum atomic E-state index is 13.0. The predicted octanol–water partition coefficient (Wildman–Crippen LogP) is 7.13. The van der Waals surface area contributed by atoms with Gasteiger partial charge in [-0.05, 0) is 95.7 Å². The van der Waals surface area contributed by atoms with Gasteiger partial charge in [-0.1, -0.05) is 119 Å². The number of carbonyl (C=O) groups excluding carboxylic acids is 3. The second-order valence-corrected chi connectivity index (χ2v) is 15.3. The Hall–Kier alpha value is -5.45. The van der Waals surface area contributed by atoms with Crippen LogP contribution in [0.3, 0.4) is 0 Å². The number of aliphatic hydroxyl groups is 1. The second-order valence-electron chi connectivity index (χ2n) is 15.3. The number of nitrogens with one attached hydrogen (secondary N) is 2. The Morgan fingerprint density at radius 3 is 2.00 bits per heavy atom. The standard InChI is InChI=1S/C48H62N4O6/c1-5-41(36-18-12-9-13-19-36)45(37-21-25-39(53)26-22-37)38-23-27-40(28-24-38)58-31-30-52(4)44(54)20-14-6-7-15-29-50-47(56)43(32-34(2)3)51-48(57)46(55)42(49)33-35-16-10-8-11-17-35/h8-13,16-19,21-28,34,42-43,46,53,55H,5-7,14-15,20,29-33,49H2,1-4H3,(H,50,56)(H,51,57)/b45-41-/t42-,43+,46+/m1/s1. The molecule has 0 aliphatic rings. The number of amides is 3. The number of phenols is 1. The normalized spacial score (nSPS) is 13.2. The Bertz CT molecular complexity index is 1880. The van der Waals surface area contributed by atoms with E-state index in [-0.39, 0.29) is 23.5 Å². The van der Waals surface area contributed by atoms with Crippen LogP contribution < -0.4 is 21.1 Å². The molecule has 10 nitrogen and oxygen atoms in total. The molecule has 0 saturated heterocycles. The van der Waals surface area contributed by atoms with Gasteiger partial charge in [0.2, 0.25) is 11.8 Å². The molecule has 0 fully saturated rings. The Labute approximate surface area is 344 Å². The lowest BCUT2D eigenvalue weighted by Gasteiger charge is -2.24. The van der Waals surface area contributed by atoms with Crippen molar-refractivity contribution in [2.45, 2.75) is 90.3 Å². The van der Waals surface area contributed by atoms with E-state index in [1.54, 1.807) is 24.1 Å². The van der Waals surface area contributed by atoms with E-state index < -0.39 is 24.1 Å². The molecule has 4 rings (SSSR count). The number of rotatable bonds is 23. The summed E-state index contributed by atoms with van der Waals surface area (Å²) in [5.41, 5.74) is 12.6. The third kappa shape index (κ3) is 14.5. The van der Waals surface area contributed by atoms with Gasteiger partial charge in [0.1, 0.15) is 30.3 Å². The van der Waals surface area contributed by atoms with E-state index in [4.69, 9.17) is 10.5 Å². The van der Waals surface area contributed by atoms with Gasteiger partial charge in [0, 0.05) is 26.1 Å². The van der Waals surface area contributed by atoms with Crippen molar-refractivity contribution in [1.82, 2.24) is 15.5 Å². The van der Waals surface area contributed by atoms with Crippen molar-refractivity contribution < 1.29 is 29.3 Å². The van der Waals surface area contributed by atoms with E-state index in [1.807, 2.05) is 86.6 Å². The van der Waals surface area contributed by atoms with Crippen LogP contribution in [0.2, 0.25) is 0 Å². The van der Waals surface area contributed by atoms with Crippen LogP contribution in [0.1, 0.15) is 88.0 Å². The summed E-state index contributed by atoms with van der Waals surface area (Å²) in [6.07, 6.45) is 3.77. The van der Waals surface area contributed by atoms with E-state index in [1.165, 1.54) is 5.57 Å². The molecule has 0 aliphatic heterocycles. The summed E-state index contributed by atoms with van der Waals surface area (Å²) in [4.78, 5) is 40.3. The van der Waals surface area contributed by atoms with Crippen molar-refractivity contribution in [2.75, 3.05) is 26.7 Å². The predicted molar refractivity (Wildman–Crippen MR) is 232 cm³/mol. The molecule has 0 bridgehead atoms. The number of aliphatic hydroxyl groups excluding tert-OH is 1. The van der Waals surface area contributed by atoms with Gasteiger partial charge in [0.15, 0.2) is 0 Å². The molecule has 310 valence electrons. The summed E-state index contributed by atoms with van der Waals surface area (Å²) >= 11 is 0. The summed E-state index contributed by atoms with van der Waals surface area (Å²) in [5.74, 6) is 0.209. The number of nitrogens with two attached hydrogens (primary N) is 1. The maximum absolute atomic E-state index is 13.0. The maximum Gasteiger partial charge on any atom is 0.251 e. The Morgan fingerprint density at radius 1 is 0.776 bits per heavy atom. The molecule has 0 spiro atoms. The van der Waals surface area contributed by atoms with Gasteiger partial charge in [-0.3, -0.25) is 14.4 Å². The lowest BCUT2D eigenvalue weighted by atomic mass is 9.88. The smallest absolute Gasteiger partial charge is 0.251 e. The molecule has 0 aliphatic carbocycles. The zero-order chi connectivity index (χ0) is 41.9. The topological polar surface area (TPSA) is 154 Å². The minimum Gasteiger partial charge on any atom is -0.508 e. The number of unbranched alkanes of at least 4 members (excludes halogenated alkanes) is 3. The highest BCUT2D eigenvalue weighted by Crippen LogP contribution is 2.35. The highest BCUT2D eigenvalue weighted by atomic mass is 16.5. The third-order valence-corrected chi connectivity index (χ3v) is 10.1. The summed E-state index contributed by atoms with van der Waals surface area (Å²) in [7, 11) is 1.79. The molecule has 4 aromatic carbocycles. The molecule has 3 atom stereocenters. The highest BCUT2D eigenvalue weighted by Gasteiger charge is 2.28. The molecule has 4 aromatic rings. The summed E-state index contributed by atoms with van der Waals surface area (Å²) in [6.45, 7) is 7.37. The summed E-state index contributed by atoms with van der Waals surface area (Å²) < 4.78 is 6.03. The Kier molecular flexibility index (Phi) is 18.5. The van der Waals surface area contributed by atoms with Gasteiger partial charge in [-0.15, -0.1) is 0 Å². The molecular formula is C48H62N4O6. The van der Waals surface area contributed by atoms with E-state index in [2.05, 4.69) is 41.8 Å². The van der Waals surface area contributed by atoms with Gasteiger partial charge in [-0.2, -0.15) is 0 Å². The quantitative estimate of drug-likeness (QED) is 0.0396. The van der Waals surface area contributed by atoms with E-state index in [9.17, 15) is 24.6 Å². The highest BCUT2D eigenvalue weighted by molar-refractivity contribution is 5.98. The number of hydrogen-bond acceptors (Lipinski definition) is 7. The number of ether oxygens (including phenoxy) is 1. The Morgan fingerprint density at radius 2 is 1.38 bits per heavy atom. The van der Waals surface area contributed by atoms with Crippen LogP contribution in [-0.4, -0.2) is 77.8 Å². The number of likely N-dealkylation sites (N-methyl/N-ethyl adjacent to an activating group) is 1. The van der Waals surface area contributed by atoms with E-state index >= 15 is 0 Å². The molecular weight excluding hydrogens is 729 g/mol. The van der Waals surface area contributed by atoms with Gasteiger partial charge in [-0.25, -0.2) is 0 Å². The number of allylic oxidation sites excluding steroid dienone is 1. The van der Waals surface area contributed by atoms with E-state index in [0.717, 1.165) is 65.7 Å². The monoisotopic (exact) mass is 790 g/mol. The fourth-order valence-corrected chi connectivity index (χ4v) is 6.88. The average molecular weight is 791 g/mol. The fourth-order valence-electron chi connectivity index (χ4n) is 6.88. The Balaban J connectivity index is 1.15. The lowest BCUT2D eigenvalue weighted by molar-refractivity contribution is -0.135. The molecule has 0 aromatic heterocycles. The fraction of sp³-hybridized carbons (Fsp3) is 0.396. The summed E-state index contributed by atoms with van der Waals surface area (Å²) in [6, 6.07) is 33.5. The van der Waals surface area contributed by atoms with Gasteiger partial charge >= 0.3 is 0 Å². The zero-order valence-corrected chi connectivity index (χ0v) is 34.5. The molecule has 10 heteroatoms. The number of hydrogen-bond donors (Lipinski definition) is 5. The molecule has 0 heterocycles. The van der Waals surface area contributed by atoms with Crippen LogP contribution in [0.15, 0.2) is 109 Å². The average Bonchev–Trinajstić information content (AvgIpc) is 3.22. The molecule has 3 amide bonds. The number of benzene rings is 4. The van der Waals surface area contributed by atoms with Crippen molar-refractivity contribution in [3.8, 4) is 11.5 Å². The molecule has 0 radical (unpaired) electrons. The van der Waals surface area contributed by atoms with Crippen LogP contribution in [0.25, 0.3) is 11.1 Å². The first-order chi connectivity index (χ1) is 28.0. The van der Waals surface area contributed by atoms with Crippen molar-refractivity contribution in [3.05, 3.63) is 131 Å². The van der Waals surface area contributed by atoms with Gasteiger partial charge < -0.3 is 36.2 Å². The number of nitrogens with zero attached hydrogens (tertiary/aromatic N) is 1. The second kappa shape index (κ2) is 23.7. The van der Waals surface area contributed by atoms with Crippen LogP contribution in [0.4, 0.5) is 0 Å². The van der Waals surface area contributed by atoms with Crippen LogP contribution in [0.5, 0.6) is 11.5 Å². The SMILES string of the molecule is CC/C(=C(\c1ccc(O)cc1)c1ccc(OCCN(C)C(=O)CCCCCCNC(=O)[C@H](CC(C)C)NC(=O)[C@@H](O)[C@H](N)Cc2ccccc2)cc1)c1ccccc1. The van der Waals surface area contributed by atoms with Gasteiger partial charge in [0.05, 0.1) is 6.54 Å². The molecule has 58 heavy (non-hydrogen) atoms. The number of aromatic hydroxyl groups is 1. The van der Waals surface area contributed by atoms with Crippen molar-refractivity contribution >= 4 is 28.9 Å². The lowest BCUT2D eigenvalue weighted by Crippen LogP contribution is -2.54. The minimum absolute atomic E-state index is 0.0573. The largest absolute Gasteiger partial charge is 0.508 e. The van der Waals surface area contributed by atoms with Gasteiger partial charge in [0.25, 0.3) is 5.91 Å². The van der Waals surface area contributed by atoms with Crippen LogP contribution >= 0.6 is 0 Å². The van der Waals surface area contributed by atoms with Crippen LogP contribution in [0, 0.1) is 5.92 Å². The first kappa shape index (κ1) is 45.3. The van der Waals surface area contributed by atoms with Crippen molar-refractivity contribution in [3.63, 3.8) is 0 Å². The third-order valence-electron chi connectivity index (χ3n) is 10.1. The molecule has 0 unspecified atom stereocenters. The van der Waals surface area contributed by atoms with E-state index in [0.29, 0.717) is 39.0 Å². The minimum atomic E-state index is -1.44. The zero-order valence-electron chi connectivity index (χ0n) is 34.5. The van der Waals surface area contributed by atoms with Crippen LogP contribution in [-0.2, 0) is 20.8 Å². The first-order valence-electron chi connectivity index (χ1n) is 20.6. The number of carbonyl (C=O) groups is 3. The van der Waals surface area contributed by atoms with Crippen molar-refractivity contribution in [1.29, 1.82) is 0 Å². The molecule has 0 saturated carbocycles. The summed E-state index contributed by atoms with van der Waals surface area (Å²) in [5, 5.41) is 26.1. The first-order valence-corrected chi connectivity index (χ1v) is 20.6. The number of phenolic OH excluding ortho intramolecular Hbond substituents is 1.